The fraction of sp³-hybridized carbons (Fsp3) is 0.227. The van der Waals surface area contributed by atoms with Crippen LogP contribution in [0.25, 0.3) is 22.4 Å². The Morgan fingerprint density at radius 1 is 1.13 bits per heavy atom. The lowest BCUT2D eigenvalue weighted by Crippen LogP contribution is -2.22. The zero-order chi connectivity index (χ0) is 22.1. The molecule has 0 saturated carbocycles. The van der Waals surface area contributed by atoms with E-state index in [-0.39, 0.29) is 11.3 Å². The third-order valence-corrected chi connectivity index (χ3v) is 4.79. The largest absolute Gasteiger partial charge is 0.452 e. The maximum absolute atomic E-state index is 12.9. The third-order valence-electron chi connectivity index (χ3n) is 4.79. The fourth-order valence-electron chi connectivity index (χ4n) is 3.24. The first-order valence-electron chi connectivity index (χ1n) is 9.63. The number of carbonyl (C=O) groups is 2. The van der Waals surface area contributed by atoms with E-state index in [1.807, 2.05) is 38.1 Å². The van der Waals surface area contributed by atoms with Gasteiger partial charge in [-0.3, -0.25) is 9.48 Å². The van der Waals surface area contributed by atoms with E-state index in [9.17, 15) is 9.59 Å². The highest BCUT2D eigenvalue weighted by Gasteiger charge is 2.21. The SMILES string of the molecule is Cc1ccc(-c2cc(C(=O)OCC(=O)Nc3cc(C)nn3C)c3c(C)noc3n2)cc1. The van der Waals surface area contributed by atoms with Crippen molar-refractivity contribution in [1.82, 2.24) is 19.9 Å². The first kappa shape index (κ1) is 20.3. The second-order valence-corrected chi connectivity index (χ2v) is 7.29. The average molecular weight is 419 g/mol. The lowest BCUT2D eigenvalue weighted by molar-refractivity contribution is -0.119. The van der Waals surface area contributed by atoms with Gasteiger partial charge in [0.25, 0.3) is 11.6 Å². The van der Waals surface area contributed by atoms with Crippen LogP contribution in [-0.4, -0.2) is 38.4 Å². The highest BCUT2D eigenvalue weighted by molar-refractivity contribution is 6.05. The number of carbonyl (C=O) groups excluding carboxylic acids is 2. The number of pyridine rings is 1. The first-order chi connectivity index (χ1) is 14.8. The zero-order valence-corrected chi connectivity index (χ0v) is 17.6. The van der Waals surface area contributed by atoms with Crippen molar-refractivity contribution in [2.75, 3.05) is 11.9 Å². The second-order valence-electron chi connectivity index (χ2n) is 7.29. The van der Waals surface area contributed by atoms with Gasteiger partial charge in [-0.15, -0.1) is 0 Å². The molecule has 9 nitrogen and oxygen atoms in total. The van der Waals surface area contributed by atoms with Crippen molar-refractivity contribution in [3.8, 4) is 11.3 Å². The molecule has 0 saturated heterocycles. The Morgan fingerprint density at radius 2 is 1.87 bits per heavy atom. The number of hydrogen-bond acceptors (Lipinski definition) is 7. The molecule has 3 aromatic heterocycles. The average Bonchev–Trinajstić information content (AvgIpc) is 3.27. The number of fused-ring (bicyclic) bond motifs is 1. The number of anilines is 1. The van der Waals surface area contributed by atoms with E-state index in [2.05, 4.69) is 20.6 Å². The predicted octanol–water partition coefficient (Wildman–Crippen LogP) is 3.34. The van der Waals surface area contributed by atoms with Crippen molar-refractivity contribution in [2.24, 2.45) is 7.05 Å². The van der Waals surface area contributed by atoms with Crippen LogP contribution in [0.4, 0.5) is 5.82 Å². The molecule has 0 bridgehead atoms. The Hall–Kier alpha value is -4.01. The Labute approximate surface area is 178 Å². The van der Waals surface area contributed by atoms with Gasteiger partial charge in [0.2, 0.25) is 0 Å². The molecule has 3 heterocycles. The van der Waals surface area contributed by atoms with Gasteiger partial charge in [-0.25, -0.2) is 9.78 Å². The van der Waals surface area contributed by atoms with Gasteiger partial charge in [-0.1, -0.05) is 35.0 Å². The molecule has 31 heavy (non-hydrogen) atoms. The standard InChI is InChI=1S/C22H21N5O4/c1-12-5-7-15(8-6-12)17-10-16(20-14(3)26-31-21(20)23-17)22(29)30-11-19(28)24-18-9-13(2)25-27(18)4/h5-10H,11H2,1-4H3,(H,24,28). The number of amides is 1. The normalized spacial score (nSPS) is 11.0. The van der Waals surface area contributed by atoms with Crippen molar-refractivity contribution in [3.63, 3.8) is 0 Å². The van der Waals surface area contributed by atoms with E-state index < -0.39 is 18.5 Å². The number of hydrogen-bond donors (Lipinski definition) is 1. The van der Waals surface area contributed by atoms with Crippen molar-refractivity contribution in [3.05, 3.63) is 58.9 Å². The van der Waals surface area contributed by atoms with Crippen molar-refractivity contribution >= 4 is 28.8 Å². The molecule has 4 aromatic rings. The first-order valence-corrected chi connectivity index (χ1v) is 9.63. The topological polar surface area (TPSA) is 112 Å². The lowest BCUT2D eigenvalue weighted by atomic mass is 10.0. The van der Waals surface area contributed by atoms with Gasteiger partial charge >= 0.3 is 5.97 Å². The maximum atomic E-state index is 12.9. The van der Waals surface area contributed by atoms with Gasteiger partial charge in [-0.05, 0) is 26.8 Å². The molecule has 0 spiro atoms. The molecule has 0 aliphatic rings. The van der Waals surface area contributed by atoms with Gasteiger partial charge in [0, 0.05) is 18.7 Å². The van der Waals surface area contributed by atoms with Crippen LogP contribution in [0.15, 0.2) is 40.9 Å². The number of benzene rings is 1. The van der Waals surface area contributed by atoms with Gasteiger partial charge < -0.3 is 14.6 Å². The van der Waals surface area contributed by atoms with Gasteiger partial charge in [0.05, 0.1) is 28.0 Å². The summed E-state index contributed by atoms with van der Waals surface area (Å²) in [5.41, 5.74) is 4.22. The molecular formula is C22H21N5O4. The smallest absolute Gasteiger partial charge is 0.339 e. The molecule has 0 radical (unpaired) electrons. The number of ether oxygens (including phenoxy) is 1. The highest BCUT2D eigenvalue weighted by Crippen LogP contribution is 2.27. The Kier molecular flexibility index (Phi) is 5.24. The summed E-state index contributed by atoms with van der Waals surface area (Å²) in [7, 11) is 1.71. The Bertz CT molecular complexity index is 1290. The number of aryl methyl sites for hydroxylation is 4. The molecule has 0 aliphatic carbocycles. The Balaban J connectivity index is 1.58. The molecule has 4 rings (SSSR count). The number of nitrogens with zero attached hydrogens (tertiary/aromatic N) is 4. The van der Waals surface area contributed by atoms with Crippen LogP contribution in [0.2, 0.25) is 0 Å². The summed E-state index contributed by atoms with van der Waals surface area (Å²) >= 11 is 0. The summed E-state index contributed by atoms with van der Waals surface area (Å²) in [6, 6.07) is 11.1. The van der Waals surface area contributed by atoms with Crippen LogP contribution in [0, 0.1) is 20.8 Å². The summed E-state index contributed by atoms with van der Waals surface area (Å²) in [5, 5.41) is 11.2. The summed E-state index contributed by atoms with van der Waals surface area (Å²) in [6.45, 7) is 5.07. The monoisotopic (exact) mass is 419 g/mol. The molecule has 1 amide bonds. The second kappa shape index (κ2) is 8.02. The highest BCUT2D eigenvalue weighted by atomic mass is 16.5. The van der Waals surface area contributed by atoms with Crippen LogP contribution in [-0.2, 0) is 16.6 Å². The molecule has 0 atom stereocenters. The fourth-order valence-corrected chi connectivity index (χ4v) is 3.24. The van der Waals surface area contributed by atoms with E-state index >= 15 is 0 Å². The van der Waals surface area contributed by atoms with Crippen molar-refractivity contribution < 1.29 is 18.8 Å². The number of aromatic nitrogens is 4. The van der Waals surface area contributed by atoms with E-state index in [1.165, 1.54) is 4.68 Å². The van der Waals surface area contributed by atoms with Gasteiger partial charge in [-0.2, -0.15) is 5.10 Å². The Morgan fingerprint density at radius 3 is 2.55 bits per heavy atom. The molecule has 0 unspecified atom stereocenters. The summed E-state index contributed by atoms with van der Waals surface area (Å²) < 4.78 is 12.1. The van der Waals surface area contributed by atoms with E-state index in [0.29, 0.717) is 22.6 Å². The maximum Gasteiger partial charge on any atom is 0.339 e. The van der Waals surface area contributed by atoms with Crippen LogP contribution < -0.4 is 5.32 Å². The van der Waals surface area contributed by atoms with Gasteiger partial charge in [0.15, 0.2) is 6.61 Å². The minimum Gasteiger partial charge on any atom is -0.452 e. The van der Waals surface area contributed by atoms with Crippen molar-refractivity contribution in [2.45, 2.75) is 20.8 Å². The van der Waals surface area contributed by atoms with Gasteiger partial charge in [0.1, 0.15) is 5.82 Å². The van der Waals surface area contributed by atoms with Crippen molar-refractivity contribution in [1.29, 1.82) is 0 Å². The van der Waals surface area contributed by atoms with Crippen LogP contribution in [0.5, 0.6) is 0 Å². The molecule has 1 aromatic carbocycles. The minimum atomic E-state index is -0.664. The molecule has 9 heteroatoms. The summed E-state index contributed by atoms with van der Waals surface area (Å²) in [4.78, 5) is 29.6. The number of esters is 1. The van der Waals surface area contributed by atoms with Crippen LogP contribution >= 0.6 is 0 Å². The third kappa shape index (κ3) is 4.16. The molecule has 0 fully saturated rings. The molecular weight excluding hydrogens is 398 g/mol. The minimum absolute atomic E-state index is 0.234. The number of nitrogens with one attached hydrogen (secondary N) is 1. The number of rotatable bonds is 5. The zero-order valence-electron chi connectivity index (χ0n) is 17.6. The molecule has 1 N–H and O–H groups in total. The molecule has 0 aliphatic heterocycles. The predicted molar refractivity (Wildman–Crippen MR) is 114 cm³/mol. The summed E-state index contributed by atoms with van der Waals surface area (Å²) in [5.74, 6) is -0.618. The quantitative estimate of drug-likeness (QED) is 0.494. The van der Waals surface area contributed by atoms with E-state index in [0.717, 1.165) is 16.8 Å². The lowest BCUT2D eigenvalue weighted by Gasteiger charge is -2.09. The van der Waals surface area contributed by atoms with E-state index in [1.54, 1.807) is 26.1 Å². The van der Waals surface area contributed by atoms with E-state index in [4.69, 9.17) is 9.26 Å². The summed E-state index contributed by atoms with van der Waals surface area (Å²) in [6.07, 6.45) is 0. The van der Waals surface area contributed by atoms with Crippen LogP contribution in [0.3, 0.4) is 0 Å². The molecule has 158 valence electrons. The van der Waals surface area contributed by atoms with Crippen LogP contribution in [0.1, 0.15) is 27.3 Å².